The second kappa shape index (κ2) is 5.99. The van der Waals surface area contributed by atoms with Crippen molar-refractivity contribution >= 4 is 0 Å². The summed E-state index contributed by atoms with van der Waals surface area (Å²) in [6.07, 6.45) is 8.89. The normalized spacial score (nSPS) is 42.9. The molecule has 0 aromatic heterocycles. The van der Waals surface area contributed by atoms with Crippen molar-refractivity contribution in [1.29, 1.82) is 0 Å². The van der Waals surface area contributed by atoms with E-state index in [1.54, 1.807) is 6.42 Å². The smallest absolute Gasteiger partial charge is 0.0152 e. The molecule has 116 valence electrons. The minimum atomic E-state index is 0.965. The van der Waals surface area contributed by atoms with E-state index in [9.17, 15) is 0 Å². The summed E-state index contributed by atoms with van der Waals surface area (Å²) in [5.74, 6) is 6.20. The van der Waals surface area contributed by atoms with E-state index in [0.29, 0.717) is 0 Å². The Morgan fingerprint density at radius 3 is 2.45 bits per heavy atom. The van der Waals surface area contributed by atoms with E-state index < -0.39 is 0 Å². The van der Waals surface area contributed by atoms with Crippen LogP contribution in [0.15, 0.2) is 0 Å². The third-order valence-electron chi connectivity index (χ3n) is 6.46. The Morgan fingerprint density at radius 2 is 1.85 bits per heavy atom. The fourth-order valence-electron chi connectivity index (χ4n) is 5.24. The Kier molecular flexibility index (Phi) is 4.45. The standard InChI is InChI=1S/C19H35N/c1-5-6-7-13(2)8-16-10-17(16)18-9-15(4)19(18)20-11-14(3)12-20/h13-19H,5-12H2,1-4H3. The van der Waals surface area contributed by atoms with Gasteiger partial charge in [0.25, 0.3) is 0 Å². The average molecular weight is 277 g/mol. The lowest BCUT2D eigenvalue weighted by molar-refractivity contribution is -0.0628. The van der Waals surface area contributed by atoms with Crippen LogP contribution in [0.3, 0.4) is 0 Å². The SMILES string of the molecule is CCCCC(C)CC1CC1C1CC(C)C1N1CC(C)C1. The Labute approximate surface area is 126 Å². The van der Waals surface area contributed by atoms with E-state index in [4.69, 9.17) is 0 Å². The van der Waals surface area contributed by atoms with E-state index >= 15 is 0 Å². The molecule has 2 aliphatic carbocycles. The van der Waals surface area contributed by atoms with Crippen molar-refractivity contribution in [2.75, 3.05) is 13.1 Å². The summed E-state index contributed by atoms with van der Waals surface area (Å²) in [4.78, 5) is 2.80. The number of unbranched alkanes of at least 4 members (excludes halogenated alkanes) is 1. The highest BCUT2D eigenvalue weighted by atomic mass is 15.2. The van der Waals surface area contributed by atoms with Crippen LogP contribution >= 0.6 is 0 Å². The molecule has 1 heterocycles. The third-order valence-corrected chi connectivity index (χ3v) is 6.46. The molecule has 3 rings (SSSR count). The van der Waals surface area contributed by atoms with Crippen LogP contribution in [0.1, 0.15) is 66.2 Å². The number of nitrogens with zero attached hydrogens (tertiary/aromatic N) is 1. The van der Waals surface area contributed by atoms with E-state index in [2.05, 4.69) is 32.6 Å². The summed E-state index contributed by atoms with van der Waals surface area (Å²) in [6.45, 7) is 12.5. The lowest BCUT2D eigenvalue weighted by Gasteiger charge is -2.55. The summed E-state index contributed by atoms with van der Waals surface area (Å²) in [7, 11) is 0. The monoisotopic (exact) mass is 277 g/mol. The van der Waals surface area contributed by atoms with E-state index in [1.165, 1.54) is 45.2 Å². The summed E-state index contributed by atoms with van der Waals surface area (Å²) in [5, 5.41) is 0. The van der Waals surface area contributed by atoms with Gasteiger partial charge in [-0.1, -0.05) is 47.0 Å². The maximum Gasteiger partial charge on any atom is 0.0152 e. The molecule has 1 aliphatic heterocycles. The molecular weight excluding hydrogens is 242 g/mol. The molecule has 1 heteroatoms. The van der Waals surface area contributed by atoms with Crippen molar-refractivity contribution in [3.8, 4) is 0 Å². The number of hydrogen-bond acceptors (Lipinski definition) is 1. The van der Waals surface area contributed by atoms with E-state index in [0.717, 1.165) is 41.5 Å². The first-order valence-electron chi connectivity index (χ1n) is 9.34. The van der Waals surface area contributed by atoms with Crippen molar-refractivity contribution in [1.82, 2.24) is 4.90 Å². The van der Waals surface area contributed by atoms with Crippen LogP contribution in [0.2, 0.25) is 0 Å². The molecule has 1 saturated heterocycles. The highest BCUT2D eigenvalue weighted by molar-refractivity contribution is 5.06. The van der Waals surface area contributed by atoms with Crippen molar-refractivity contribution < 1.29 is 0 Å². The molecule has 6 unspecified atom stereocenters. The molecule has 3 aliphatic rings. The fraction of sp³-hybridized carbons (Fsp3) is 1.00. The minimum Gasteiger partial charge on any atom is -0.299 e. The van der Waals surface area contributed by atoms with Gasteiger partial charge in [0, 0.05) is 19.1 Å². The molecular formula is C19H35N. The van der Waals surface area contributed by atoms with Gasteiger partial charge in [-0.3, -0.25) is 4.90 Å². The van der Waals surface area contributed by atoms with Gasteiger partial charge in [-0.05, 0) is 54.8 Å². The molecule has 0 amide bonds. The van der Waals surface area contributed by atoms with Gasteiger partial charge in [-0.15, -0.1) is 0 Å². The molecule has 6 atom stereocenters. The zero-order valence-electron chi connectivity index (χ0n) is 14.1. The Morgan fingerprint density at radius 1 is 1.10 bits per heavy atom. The lowest BCUT2D eigenvalue weighted by atomic mass is 9.65. The first-order valence-corrected chi connectivity index (χ1v) is 9.34. The molecule has 0 radical (unpaired) electrons. The first-order chi connectivity index (χ1) is 9.60. The molecule has 20 heavy (non-hydrogen) atoms. The van der Waals surface area contributed by atoms with Crippen molar-refractivity contribution in [2.45, 2.75) is 72.3 Å². The molecule has 2 saturated carbocycles. The van der Waals surface area contributed by atoms with Crippen LogP contribution < -0.4 is 0 Å². The molecule has 0 spiro atoms. The molecule has 1 nitrogen and oxygen atoms in total. The number of likely N-dealkylation sites (tertiary alicyclic amines) is 1. The number of rotatable bonds is 7. The highest BCUT2D eigenvalue weighted by Crippen LogP contribution is 2.57. The molecule has 0 bridgehead atoms. The quantitative estimate of drug-likeness (QED) is 0.645. The van der Waals surface area contributed by atoms with Gasteiger partial charge in [0.1, 0.15) is 0 Å². The van der Waals surface area contributed by atoms with Crippen LogP contribution in [0.5, 0.6) is 0 Å². The predicted octanol–water partition coefficient (Wildman–Crippen LogP) is 4.82. The predicted molar refractivity (Wildman–Crippen MR) is 86.7 cm³/mol. The van der Waals surface area contributed by atoms with Crippen LogP contribution in [-0.2, 0) is 0 Å². The largest absolute Gasteiger partial charge is 0.299 e. The maximum atomic E-state index is 2.80. The van der Waals surface area contributed by atoms with Crippen molar-refractivity contribution in [2.24, 2.45) is 35.5 Å². The molecule has 0 N–H and O–H groups in total. The first kappa shape index (κ1) is 14.9. The van der Waals surface area contributed by atoms with E-state index in [-0.39, 0.29) is 0 Å². The van der Waals surface area contributed by atoms with Crippen LogP contribution in [0.4, 0.5) is 0 Å². The Balaban J connectivity index is 1.42. The molecule has 0 aromatic carbocycles. The van der Waals surface area contributed by atoms with Gasteiger partial charge in [0.05, 0.1) is 0 Å². The van der Waals surface area contributed by atoms with E-state index in [1.807, 2.05) is 0 Å². The highest BCUT2D eigenvalue weighted by Gasteiger charge is 2.54. The Bertz CT molecular complexity index is 320. The van der Waals surface area contributed by atoms with Gasteiger partial charge >= 0.3 is 0 Å². The van der Waals surface area contributed by atoms with Gasteiger partial charge in [-0.2, -0.15) is 0 Å². The second-order valence-electron chi connectivity index (χ2n) is 8.57. The third kappa shape index (κ3) is 2.93. The van der Waals surface area contributed by atoms with Crippen molar-refractivity contribution in [3.63, 3.8) is 0 Å². The second-order valence-corrected chi connectivity index (χ2v) is 8.57. The summed E-state index contributed by atoms with van der Waals surface area (Å²) in [6, 6.07) is 0.965. The van der Waals surface area contributed by atoms with Crippen LogP contribution in [0.25, 0.3) is 0 Å². The van der Waals surface area contributed by atoms with Gasteiger partial charge < -0.3 is 0 Å². The molecule has 0 aromatic rings. The van der Waals surface area contributed by atoms with Gasteiger partial charge in [0.2, 0.25) is 0 Å². The van der Waals surface area contributed by atoms with Crippen LogP contribution in [0, 0.1) is 35.5 Å². The topological polar surface area (TPSA) is 3.24 Å². The maximum absolute atomic E-state index is 2.80. The summed E-state index contributed by atoms with van der Waals surface area (Å²) in [5.41, 5.74) is 0. The number of hydrogen-bond donors (Lipinski definition) is 0. The average Bonchev–Trinajstić information content (AvgIpc) is 3.10. The fourth-order valence-corrected chi connectivity index (χ4v) is 5.24. The van der Waals surface area contributed by atoms with Crippen molar-refractivity contribution in [3.05, 3.63) is 0 Å². The summed E-state index contributed by atoms with van der Waals surface area (Å²) < 4.78 is 0. The molecule has 3 fully saturated rings. The zero-order valence-corrected chi connectivity index (χ0v) is 14.1. The summed E-state index contributed by atoms with van der Waals surface area (Å²) >= 11 is 0. The van der Waals surface area contributed by atoms with Gasteiger partial charge in [0.15, 0.2) is 0 Å². The van der Waals surface area contributed by atoms with Crippen LogP contribution in [-0.4, -0.2) is 24.0 Å². The lowest BCUT2D eigenvalue weighted by Crippen LogP contribution is -2.61. The Hall–Kier alpha value is -0.0400. The minimum absolute atomic E-state index is 0.965. The van der Waals surface area contributed by atoms with Gasteiger partial charge in [-0.25, -0.2) is 0 Å². The zero-order chi connectivity index (χ0) is 14.3.